The molecular weight excluding hydrogens is 260 g/mol. The number of benzene rings is 1. The van der Waals surface area contributed by atoms with E-state index in [1.54, 1.807) is 0 Å². The molecule has 1 N–H and O–H groups in total. The van der Waals surface area contributed by atoms with Crippen LogP contribution in [0.4, 0.5) is 5.82 Å². The van der Waals surface area contributed by atoms with E-state index < -0.39 is 0 Å². The van der Waals surface area contributed by atoms with Crippen LogP contribution in [0.3, 0.4) is 0 Å². The topological polar surface area (TPSA) is 42.7 Å². The minimum atomic E-state index is 0.432. The summed E-state index contributed by atoms with van der Waals surface area (Å²) in [6, 6.07) is 10.8. The monoisotopic (exact) mass is 280 g/mol. The van der Waals surface area contributed by atoms with Gasteiger partial charge >= 0.3 is 0 Å². The standard InChI is InChI=1S/C17H20N4/c1-13-11-17(20-16-6-4-3-5-15(13)16)19-8-7-14(2)21-10-9-18-12-21/h3-6,9-12,14H,7-8H2,1-2H3,(H,19,20). The van der Waals surface area contributed by atoms with Crippen molar-refractivity contribution in [3.05, 3.63) is 54.6 Å². The molecule has 4 nitrogen and oxygen atoms in total. The third kappa shape index (κ3) is 3.05. The first kappa shape index (κ1) is 13.6. The highest BCUT2D eigenvalue weighted by Gasteiger charge is 2.05. The number of aryl methyl sites for hydroxylation is 1. The minimum Gasteiger partial charge on any atom is -0.370 e. The fraction of sp³-hybridized carbons (Fsp3) is 0.294. The molecule has 0 aliphatic rings. The van der Waals surface area contributed by atoms with Gasteiger partial charge in [-0.2, -0.15) is 0 Å². The molecule has 1 atom stereocenters. The molecule has 0 spiro atoms. The second kappa shape index (κ2) is 5.95. The third-order valence-electron chi connectivity index (χ3n) is 3.83. The fourth-order valence-corrected chi connectivity index (χ4v) is 2.53. The molecule has 0 fully saturated rings. The van der Waals surface area contributed by atoms with Crippen molar-refractivity contribution in [1.82, 2.24) is 14.5 Å². The number of aromatic nitrogens is 3. The van der Waals surface area contributed by atoms with E-state index in [-0.39, 0.29) is 0 Å². The molecule has 3 rings (SSSR count). The maximum absolute atomic E-state index is 4.67. The number of nitrogens with zero attached hydrogens (tertiary/aromatic N) is 3. The Hall–Kier alpha value is -2.36. The number of nitrogens with one attached hydrogen (secondary N) is 1. The number of pyridine rings is 1. The number of anilines is 1. The van der Waals surface area contributed by atoms with Gasteiger partial charge in [0.15, 0.2) is 0 Å². The zero-order valence-corrected chi connectivity index (χ0v) is 12.5. The number of fused-ring (bicyclic) bond motifs is 1. The van der Waals surface area contributed by atoms with Gasteiger partial charge in [0.25, 0.3) is 0 Å². The summed E-state index contributed by atoms with van der Waals surface area (Å²) in [5, 5.41) is 4.64. The normalized spacial score (nSPS) is 12.5. The SMILES string of the molecule is Cc1cc(NCCC(C)n2ccnc2)nc2ccccc12. The number of imidazole rings is 1. The smallest absolute Gasteiger partial charge is 0.126 e. The molecule has 108 valence electrons. The number of hydrogen-bond acceptors (Lipinski definition) is 3. The van der Waals surface area contributed by atoms with E-state index in [1.807, 2.05) is 24.8 Å². The summed E-state index contributed by atoms with van der Waals surface area (Å²) in [4.78, 5) is 8.75. The average Bonchev–Trinajstić information content (AvgIpc) is 3.01. The molecule has 0 aliphatic heterocycles. The molecule has 2 aromatic heterocycles. The Bertz CT molecular complexity index is 719. The van der Waals surface area contributed by atoms with Crippen LogP contribution in [0, 0.1) is 6.92 Å². The largest absolute Gasteiger partial charge is 0.370 e. The molecule has 4 heteroatoms. The lowest BCUT2D eigenvalue weighted by molar-refractivity contribution is 0.519. The fourth-order valence-electron chi connectivity index (χ4n) is 2.53. The van der Waals surface area contributed by atoms with Gasteiger partial charge in [-0.1, -0.05) is 18.2 Å². The zero-order valence-electron chi connectivity index (χ0n) is 12.5. The van der Waals surface area contributed by atoms with Gasteiger partial charge in [-0.05, 0) is 38.0 Å². The van der Waals surface area contributed by atoms with Crippen LogP contribution in [0.2, 0.25) is 0 Å². The molecular formula is C17H20N4. The van der Waals surface area contributed by atoms with E-state index in [2.05, 4.69) is 58.0 Å². The van der Waals surface area contributed by atoms with Gasteiger partial charge in [0.1, 0.15) is 5.82 Å². The molecule has 1 aromatic carbocycles. The Morgan fingerprint density at radius 3 is 2.95 bits per heavy atom. The van der Waals surface area contributed by atoms with Crippen LogP contribution in [0.25, 0.3) is 10.9 Å². The van der Waals surface area contributed by atoms with Gasteiger partial charge in [0.2, 0.25) is 0 Å². The lowest BCUT2D eigenvalue weighted by Crippen LogP contribution is -2.11. The van der Waals surface area contributed by atoms with Crippen LogP contribution in [-0.2, 0) is 0 Å². The number of hydrogen-bond donors (Lipinski definition) is 1. The molecule has 3 aromatic rings. The molecule has 0 amide bonds. The van der Waals surface area contributed by atoms with Crippen molar-refractivity contribution >= 4 is 16.7 Å². The summed E-state index contributed by atoms with van der Waals surface area (Å²) in [7, 11) is 0. The Morgan fingerprint density at radius 1 is 1.29 bits per heavy atom. The van der Waals surface area contributed by atoms with E-state index in [0.717, 1.165) is 24.3 Å². The van der Waals surface area contributed by atoms with E-state index >= 15 is 0 Å². The molecule has 0 saturated carbocycles. The van der Waals surface area contributed by atoms with Crippen LogP contribution < -0.4 is 5.32 Å². The summed E-state index contributed by atoms with van der Waals surface area (Å²) in [6.07, 6.45) is 6.72. The molecule has 0 bridgehead atoms. The van der Waals surface area contributed by atoms with E-state index in [0.29, 0.717) is 6.04 Å². The summed E-state index contributed by atoms with van der Waals surface area (Å²) in [5.41, 5.74) is 2.30. The van der Waals surface area contributed by atoms with E-state index in [1.165, 1.54) is 10.9 Å². The Labute approximate surface area is 124 Å². The first-order valence-corrected chi connectivity index (χ1v) is 7.32. The second-order valence-corrected chi connectivity index (χ2v) is 5.42. The van der Waals surface area contributed by atoms with Gasteiger partial charge in [-0.3, -0.25) is 0 Å². The van der Waals surface area contributed by atoms with Crippen molar-refractivity contribution in [2.24, 2.45) is 0 Å². The molecule has 1 unspecified atom stereocenters. The van der Waals surface area contributed by atoms with Gasteiger partial charge < -0.3 is 9.88 Å². The van der Waals surface area contributed by atoms with Crippen LogP contribution in [-0.4, -0.2) is 21.1 Å². The summed E-state index contributed by atoms with van der Waals surface area (Å²) in [6.45, 7) is 5.22. The predicted octanol–water partition coefficient (Wildman–Crippen LogP) is 3.80. The van der Waals surface area contributed by atoms with Gasteiger partial charge in [0, 0.05) is 30.4 Å². The van der Waals surface area contributed by atoms with Crippen LogP contribution in [0.5, 0.6) is 0 Å². The average molecular weight is 280 g/mol. The minimum absolute atomic E-state index is 0.432. The maximum atomic E-state index is 4.67. The van der Waals surface area contributed by atoms with Crippen molar-refractivity contribution < 1.29 is 0 Å². The van der Waals surface area contributed by atoms with E-state index in [9.17, 15) is 0 Å². The molecule has 0 radical (unpaired) electrons. The van der Waals surface area contributed by atoms with Crippen LogP contribution in [0.15, 0.2) is 49.1 Å². The van der Waals surface area contributed by atoms with Crippen molar-refractivity contribution in [1.29, 1.82) is 0 Å². The van der Waals surface area contributed by atoms with Gasteiger partial charge in [0.05, 0.1) is 11.8 Å². The quantitative estimate of drug-likeness (QED) is 0.773. The van der Waals surface area contributed by atoms with Gasteiger partial charge in [-0.25, -0.2) is 9.97 Å². The molecule has 2 heterocycles. The number of rotatable bonds is 5. The Morgan fingerprint density at radius 2 is 2.14 bits per heavy atom. The Balaban J connectivity index is 1.65. The lowest BCUT2D eigenvalue weighted by Gasteiger charge is -2.14. The van der Waals surface area contributed by atoms with Crippen molar-refractivity contribution in [2.75, 3.05) is 11.9 Å². The lowest BCUT2D eigenvalue weighted by atomic mass is 10.1. The number of para-hydroxylation sites is 1. The maximum Gasteiger partial charge on any atom is 0.126 e. The summed E-state index contributed by atoms with van der Waals surface area (Å²) in [5.74, 6) is 0.948. The van der Waals surface area contributed by atoms with Crippen molar-refractivity contribution in [3.8, 4) is 0 Å². The highest BCUT2D eigenvalue weighted by Crippen LogP contribution is 2.20. The summed E-state index contributed by atoms with van der Waals surface area (Å²) >= 11 is 0. The highest BCUT2D eigenvalue weighted by atomic mass is 15.1. The Kier molecular flexibility index (Phi) is 3.86. The van der Waals surface area contributed by atoms with Crippen LogP contribution in [0.1, 0.15) is 24.9 Å². The summed E-state index contributed by atoms with van der Waals surface area (Å²) < 4.78 is 2.13. The van der Waals surface area contributed by atoms with E-state index in [4.69, 9.17) is 0 Å². The van der Waals surface area contributed by atoms with Crippen LogP contribution >= 0.6 is 0 Å². The highest BCUT2D eigenvalue weighted by molar-refractivity contribution is 5.83. The molecule has 0 aliphatic carbocycles. The van der Waals surface area contributed by atoms with Gasteiger partial charge in [-0.15, -0.1) is 0 Å². The van der Waals surface area contributed by atoms with Crippen molar-refractivity contribution in [2.45, 2.75) is 26.3 Å². The third-order valence-corrected chi connectivity index (χ3v) is 3.83. The molecule has 21 heavy (non-hydrogen) atoms. The zero-order chi connectivity index (χ0) is 14.7. The first-order valence-electron chi connectivity index (χ1n) is 7.32. The van der Waals surface area contributed by atoms with Crippen molar-refractivity contribution in [3.63, 3.8) is 0 Å². The predicted molar refractivity (Wildman–Crippen MR) is 86.5 cm³/mol. The molecule has 0 saturated heterocycles. The second-order valence-electron chi connectivity index (χ2n) is 5.42. The first-order chi connectivity index (χ1) is 10.2.